The van der Waals surface area contributed by atoms with E-state index in [1.165, 1.54) is 11.3 Å². The molecule has 0 fully saturated rings. The van der Waals surface area contributed by atoms with Crippen molar-refractivity contribution in [3.8, 4) is 22.4 Å². The summed E-state index contributed by atoms with van der Waals surface area (Å²) >= 11 is 7.50. The molecule has 0 aliphatic carbocycles. The lowest BCUT2D eigenvalue weighted by Crippen LogP contribution is -2.16. The molecule has 0 saturated carbocycles. The van der Waals surface area contributed by atoms with Crippen molar-refractivity contribution < 1.29 is 19.4 Å². The van der Waals surface area contributed by atoms with Gasteiger partial charge in [-0.05, 0) is 29.7 Å². The number of halogens is 1. The molecule has 0 aliphatic rings. The molecule has 8 heteroatoms. The predicted molar refractivity (Wildman–Crippen MR) is 134 cm³/mol. The Morgan fingerprint density at radius 1 is 1.00 bits per heavy atom. The number of thiazole rings is 1. The summed E-state index contributed by atoms with van der Waals surface area (Å²) < 4.78 is 5.50. The Bertz CT molecular complexity index is 1300. The third-order valence-electron chi connectivity index (χ3n) is 5.21. The van der Waals surface area contributed by atoms with Gasteiger partial charge < -0.3 is 9.84 Å². The van der Waals surface area contributed by atoms with Crippen LogP contribution in [0, 0.1) is 0 Å². The number of rotatable bonds is 7. The molecule has 0 bridgehead atoms. The van der Waals surface area contributed by atoms with E-state index in [0.717, 1.165) is 27.8 Å². The standard InChI is InChI=1S/C26H21ClN2O4S/c1-16(21-4-2-3-5-22(21)27)33-26(32)29-25-24(28-15-34-25)20-12-10-19(11-13-20)18-8-6-17(7-9-18)14-23(30)31/h2-13,15-16H,14H2,1H3,(H,29,32)(H,30,31). The van der Waals surface area contributed by atoms with Crippen molar-refractivity contribution in [3.63, 3.8) is 0 Å². The van der Waals surface area contributed by atoms with Crippen molar-refractivity contribution in [2.45, 2.75) is 19.4 Å². The Labute approximate surface area is 205 Å². The first-order valence-electron chi connectivity index (χ1n) is 10.5. The maximum Gasteiger partial charge on any atom is 0.412 e. The number of nitrogens with zero attached hydrogens (tertiary/aromatic N) is 1. The van der Waals surface area contributed by atoms with Gasteiger partial charge in [-0.1, -0.05) is 78.3 Å². The predicted octanol–water partition coefficient (Wildman–Crippen LogP) is 7.07. The van der Waals surface area contributed by atoms with Gasteiger partial charge in [0.25, 0.3) is 0 Å². The molecule has 34 heavy (non-hydrogen) atoms. The third-order valence-corrected chi connectivity index (χ3v) is 6.30. The summed E-state index contributed by atoms with van der Waals surface area (Å²) in [4.78, 5) is 27.7. The Hall–Kier alpha value is -3.68. The van der Waals surface area contributed by atoms with Gasteiger partial charge in [0, 0.05) is 16.1 Å². The highest BCUT2D eigenvalue weighted by Crippen LogP contribution is 2.33. The van der Waals surface area contributed by atoms with Crippen LogP contribution in [0.4, 0.5) is 9.80 Å². The van der Waals surface area contributed by atoms with Gasteiger partial charge in [0.05, 0.1) is 11.9 Å². The lowest BCUT2D eigenvalue weighted by molar-refractivity contribution is -0.136. The van der Waals surface area contributed by atoms with Gasteiger partial charge in [-0.3, -0.25) is 10.1 Å². The van der Waals surface area contributed by atoms with Crippen LogP contribution in [0.5, 0.6) is 0 Å². The smallest absolute Gasteiger partial charge is 0.412 e. The number of hydrogen-bond acceptors (Lipinski definition) is 5. The fourth-order valence-electron chi connectivity index (χ4n) is 3.50. The summed E-state index contributed by atoms with van der Waals surface area (Å²) in [6.07, 6.45) is -1.10. The molecule has 0 spiro atoms. The summed E-state index contributed by atoms with van der Waals surface area (Å²) in [6.45, 7) is 1.77. The van der Waals surface area contributed by atoms with E-state index in [9.17, 15) is 9.59 Å². The Kier molecular flexibility index (Phi) is 7.25. The molecule has 0 radical (unpaired) electrons. The third kappa shape index (κ3) is 5.62. The average molecular weight is 493 g/mol. The minimum Gasteiger partial charge on any atom is -0.481 e. The molecule has 2 N–H and O–H groups in total. The highest BCUT2D eigenvalue weighted by atomic mass is 35.5. The summed E-state index contributed by atoms with van der Waals surface area (Å²) in [5.74, 6) is -0.855. The quantitative estimate of drug-likeness (QED) is 0.288. The topological polar surface area (TPSA) is 88.5 Å². The minimum atomic E-state index is -0.855. The molecule has 172 valence electrons. The molecule has 0 saturated heterocycles. The van der Waals surface area contributed by atoms with Crippen LogP contribution in [0.1, 0.15) is 24.2 Å². The number of anilines is 1. The van der Waals surface area contributed by atoms with Crippen molar-refractivity contribution in [1.29, 1.82) is 0 Å². The number of carbonyl (C=O) groups excluding carboxylic acids is 1. The zero-order valence-electron chi connectivity index (χ0n) is 18.2. The number of amides is 1. The number of benzene rings is 3. The number of ether oxygens (including phenoxy) is 1. The highest BCUT2D eigenvalue weighted by molar-refractivity contribution is 7.14. The second-order valence-electron chi connectivity index (χ2n) is 7.57. The summed E-state index contributed by atoms with van der Waals surface area (Å²) in [5, 5.41) is 12.8. The molecule has 4 rings (SSSR count). The van der Waals surface area contributed by atoms with Crippen LogP contribution in [0.15, 0.2) is 78.3 Å². The van der Waals surface area contributed by atoms with Gasteiger partial charge in [0.2, 0.25) is 0 Å². The van der Waals surface area contributed by atoms with E-state index in [-0.39, 0.29) is 6.42 Å². The zero-order valence-corrected chi connectivity index (χ0v) is 19.8. The number of nitrogens with one attached hydrogen (secondary N) is 1. The van der Waals surface area contributed by atoms with Crippen LogP contribution < -0.4 is 5.32 Å². The Morgan fingerprint density at radius 2 is 1.62 bits per heavy atom. The molecule has 1 aromatic heterocycles. The number of carboxylic acids is 1. The SMILES string of the molecule is CC(OC(=O)Nc1scnc1-c1ccc(-c2ccc(CC(=O)O)cc2)cc1)c1ccccc1Cl. The molecular formula is C26H21ClN2O4S. The average Bonchev–Trinajstić information content (AvgIpc) is 3.27. The summed E-state index contributed by atoms with van der Waals surface area (Å²) in [6, 6.07) is 22.4. The van der Waals surface area contributed by atoms with Crippen molar-refractivity contribution >= 4 is 40.0 Å². The number of hydrogen-bond donors (Lipinski definition) is 2. The van der Waals surface area contributed by atoms with E-state index in [1.807, 2.05) is 66.7 Å². The second kappa shape index (κ2) is 10.5. The normalized spacial score (nSPS) is 11.6. The number of carboxylic acid groups (broad SMARTS) is 1. The lowest BCUT2D eigenvalue weighted by Gasteiger charge is -2.15. The first kappa shape index (κ1) is 23.5. The van der Waals surface area contributed by atoms with Gasteiger partial charge >= 0.3 is 12.1 Å². The van der Waals surface area contributed by atoms with Crippen LogP contribution in [0.25, 0.3) is 22.4 Å². The van der Waals surface area contributed by atoms with E-state index in [1.54, 1.807) is 18.5 Å². The zero-order chi connectivity index (χ0) is 24.1. The molecular weight excluding hydrogens is 472 g/mol. The summed E-state index contributed by atoms with van der Waals surface area (Å²) in [7, 11) is 0. The number of aliphatic carboxylic acids is 1. The first-order chi connectivity index (χ1) is 16.4. The molecule has 0 aliphatic heterocycles. The number of aromatic nitrogens is 1. The summed E-state index contributed by atoms with van der Waals surface area (Å²) in [5.41, 5.74) is 6.62. The molecule has 3 aromatic carbocycles. The van der Waals surface area contributed by atoms with Crippen LogP contribution in [0.3, 0.4) is 0 Å². The van der Waals surface area contributed by atoms with E-state index < -0.39 is 18.2 Å². The second-order valence-corrected chi connectivity index (χ2v) is 8.83. The fourth-order valence-corrected chi connectivity index (χ4v) is 4.48. The van der Waals surface area contributed by atoms with Gasteiger partial charge in [-0.15, -0.1) is 11.3 Å². The van der Waals surface area contributed by atoms with Crippen LogP contribution in [0.2, 0.25) is 5.02 Å². The van der Waals surface area contributed by atoms with Crippen LogP contribution in [-0.4, -0.2) is 22.2 Å². The van der Waals surface area contributed by atoms with Gasteiger partial charge in [0.1, 0.15) is 16.8 Å². The van der Waals surface area contributed by atoms with E-state index in [4.69, 9.17) is 21.4 Å². The first-order valence-corrected chi connectivity index (χ1v) is 11.7. The maximum atomic E-state index is 12.5. The largest absolute Gasteiger partial charge is 0.481 e. The van der Waals surface area contributed by atoms with Gasteiger partial charge in [0.15, 0.2) is 0 Å². The molecule has 4 aromatic rings. The number of carbonyl (C=O) groups is 2. The molecule has 1 amide bonds. The molecule has 1 unspecified atom stereocenters. The van der Waals surface area contributed by atoms with Gasteiger partial charge in [-0.25, -0.2) is 9.78 Å². The van der Waals surface area contributed by atoms with E-state index in [2.05, 4.69) is 10.3 Å². The van der Waals surface area contributed by atoms with Gasteiger partial charge in [-0.2, -0.15) is 0 Å². The van der Waals surface area contributed by atoms with Crippen LogP contribution in [-0.2, 0) is 16.0 Å². The maximum absolute atomic E-state index is 12.5. The molecule has 6 nitrogen and oxygen atoms in total. The minimum absolute atomic E-state index is 0.00157. The van der Waals surface area contributed by atoms with E-state index in [0.29, 0.717) is 15.7 Å². The lowest BCUT2D eigenvalue weighted by atomic mass is 10.0. The van der Waals surface area contributed by atoms with Crippen LogP contribution >= 0.6 is 22.9 Å². The van der Waals surface area contributed by atoms with Crippen molar-refractivity contribution in [2.75, 3.05) is 5.32 Å². The fraction of sp³-hybridized carbons (Fsp3) is 0.115. The monoisotopic (exact) mass is 492 g/mol. The Balaban J connectivity index is 1.44. The highest BCUT2D eigenvalue weighted by Gasteiger charge is 2.17. The van der Waals surface area contributed by atoms with E-state index >= 15 is 0 Å². The van der Waals surface area contributed by atoms with Crippen molar-refractivity contribution in [1.82, 2.24) is 4.98 Å². The van der Waals surface area contributed by atoms with Crippen molar-refractivity contribution in [3.05, 3.63) is 94.5 Å². The Morgan fingerprint density at radius 3 is 2.26 bits per heavy atom. The molecule has 1 atom stereocenters. The van der Waals surface area contributed by atoms with Crippen molar-refractivity contribution in [2.24, 2.45) is 0 Å². The molecule has 1 heterocycles.